The zero-order valence-corrected chi connectivity index (χ0v) is 17.8. The fraction of sp³-hybridized carbons (Fsp3) is 0.435. The Morgan fingerprint density at radius 2 is 1.66 bits per heavy atom. The van der Waals surface area contributed by atoms with Crippen molar-refractivity contribution >= 4 is 18.9 Å². The molecule has 1 aliphatic heterocycles. The van der Waals surface area contributed by atoms with Gasteiger partial charge in [0.05, 0.1) is 24.4 Å². The molecule has 1 fully saturated rings. The molecule has 1 atom stereocenters. The van der Waals surface area contributed by atoms with Crippen LogP contribution in [-0.4, -0.2) is 37.3 Å². The second-order valence-electron chi connectivity index (χ2n) is 8.39. The Balaban J connectivity index is 1.72. The van der Waals surface area contributed by atoms with Crippen LogP contribution in [0.1, 0.15) is 50.5 Å². The Labute approximate surface area is 173 Å². The van der Waals surface area contributed by atoms with E-state index in [0.717, 1.165) is 11.8 Å². The number of aldehydes is 1. The molecule has 0 N–H and O–H groups in total. The quantitative estimate of drug-likeness (QED) is 0.502. The zero-order valence-electron chi connectivity index (χ0n) is 17.8. The van der Waals surface area contributed by atoms with Crippen LogP contribution in [0.5, 0.6) is 5.75 Å². The topological polar surface area (TPSA) is 54.0 Å². The minimum absolute atomic E-state index is 0.207. The fourth-order valence-electron chi connectivity index (χ4n) is 3.15. The van der Waals surface area contributed by atoms with Crippen molar-refractivity contribution in [3.8, 4) is 5.75 Å². The van der Waals surface area contributed by atoms with E-state index in [2.05, 4.69) is 0 Å². The summed E-state index contributed by atoms with van der Waals surface area (Å²) in [4.78, 5) is 11.7. The number of hydrogen-bond donors (Lipinski definition) is 0. The van der Waals surface area contributed by atoms with Crippen LogP contribution in [0, 0.1) is 0 Å². The summed E-state index contributed by atoms with van der Waals surface area (Å²) in [5.74, 6) is 0.573. The van der Waals surface area contributed by atoms with Crippen LogP contribution >= 0.6 is 0 Å². The lowest BCUT2D eigenvalue weighted by Gasteiger charge is -2.32. The molecule has 3 rings (SSSR count). The van der Waals surface area contributed by atoms with E-state index in [1.54, 1.807) is 12.1 Å². The van der Waals surface area contributed by atoms with Crippen LogP contribution in [0.2, 0.25) is 0 Å². The molecule has 0 saturated carbocycles. The molecule has 2 aromatic rings. The molecule has 0 aliphatic carbocycles. The van der Waals surface area contributed by atoms with Crippen molar-refractivity contribution in [2.75, 3.05) is 6.61 Å². The first-order valence-electron chi connectivity index (χ1n) is 9.95. The fourth-order valence-corrected chi connectivity index (χ4v) is 3.15. The molecule has 154 valence electrons. The molecule has 1 unspecified atom stereocenters. The number of carbonyl (C=O) groups excluding carboxylic acids is 1. The van der Waals surface area contributed by atoms with E-state index in [0.29, 0.717) is 30.0 Å². The Kier molecular flexibility index (Phi) is 6.47. The number of rotatable bonds is 8. The Hall–Kier alpha value is -2.15. The molecule has 29 heavy (non-hydrogen) atoms. The van der Waals surface area contributed by atoms with Crippen LogP contribution in [0.3, 0.4) is 0 Å². The summed E-state index contributed by atoms with van der Waals surface area (Å²) in [7, 11) is -0.672. The number of carbonyl (C=O) groups is 1. The molecule has 1 aliphatic rings. The first-order chi connectivity index (χ1) is 13.7. The molecule has 2 aromatic carbocycles. The predicted molar refractivity (Wildman–Crippen MR) is 114 cm³/mol. The van der Waals surface area contributed by atoms with Gasteiger partial charge in [-0.3, -0.25) is 4.79 Å². The van der Waals surface area contributed by atoms with Gasteiger partial charge in [-0.2, -0.15) is 0 Å². The molecule has 1 saturated heterocycles. The zero-order chi connectivity index (χ0) is 21.1. The highest BCUT2D eigenvalue weighted by atomic mass is 16.7. The van der Waals surface area contributed by atoms with Crippen molar-refractivity contribution in [1.29, 1.82) is 0 Å². The highest BCUT2D eigenvalue weighted by molar-refractivity contribution is 6.64. The van der Waals surface area contributed by atoms with E-state index in [4.69, 9.17) is 18.8 Å². The van der Waals surface area contributed by atoms with Crippen LogP contribution in [-0.2, 0) is 20.7 Å². The van der Waals surface area contributed by atoms with Gasteiger partial charge in [-0.15, -0.1) is 0 Å². The van der Waals surface area contributed by atoms with Gasteiger partial charge in [0, 0.05) is 11.0 Å². The molecule has 0 aromatic heterocycles. The van der Waals surface area contributed by atoms with Crippen molar-refractivity contribution in [3.05, 3.63) is 59.7 Å². The second-order valence-corrected chi connectivity index (χ2v) is 8.39. The van der Waals surface area contributed by atoms with E-state index < -0.39 is 18.3 Å². The molecule has 5 nitrogen and oxygen atoms in total. The monoisotopic (exact) mass is 396 g/mol. The maximum atomic E-state index is 11.7. The highest BCUT2D eigenvalue weighted by Crippen LogP contribution is 2.37. The highest BCUT2D eigenvalue weighted by Gasteiger charge is 2.53. The predicted octanol–water partition coefficient (Wildman–Crippen LogP) is 3.78. The third kappa shape index (κ3) is 4.89. The summed E-state index contributed by atoms with van der Waals surface area (Å²) >= 11 is 0. The summed E-state index contributed by atoms with van der Waals surface area (Å²) in [6.07, 6.45) is 0.603. The third-order valence-corrected chi connectivity index (χ3v) is 5.51. The first-order valence-corrected chi connectivity index (χ1v) is 9.95. The third-order valence-electron chi connectivity index (χ3n) is 5.51. The minimum atomic E-state index is -0.672. The molecule has 0 bridgehead atoms. The molecule has 1 heterocycles. The second kappa shape index (κ2) is 8.70. The van der Waals surface area contributed by atoms with Gasteiger partial charge >= 0.3 is 7.12 Å². The maximum Gasteiger partial charge on any atom is 0.499 e. The minimum Gasteiger partial charge on any atom is -0.489 e. The number of ether oxygens (including phenoxy) is 2. The molecule has 0 radical (unpaired) electrons. The lowest BCUT2D eigenvalue weighted by molar-refractivity contribution is 0.00578. The van der Waals surface area contributed by atoms with Crippen LogP contribution in [0.15, 0.2) is 48.5 Å². The van der Waals surface area contributed by atoms with Crippen LogP contribution < -0.4 is 10.2 Å². The van der Waals surface area contributed by atoms with E-state index >= 15 is 0 Å². The Morgan fingerprint density at radius 3 is 2.28 bits per heavy atom. The van der Waals surface area contributed by atoms with E-state index in [1.165, 1.54) is 0 Å². The number of benzene rings is 2. The lowest BCUT2D eigenvalue weighted by Crippen LogP contribution is -2.41. The van der Waals surface area contributed by atoms with Gasteiger partial charge in [-0.05, 0) is 46.2 Å². The largest absolute Gasteiger partial charge is 0.499 e. The van der Waals surface area contributed by atoms with Gasteiger partial charge < -0.3 is 18.8 Å². The molecule has 0 spiro atoms. The van der Waals surface area contributed by atoms with Crippen LogP contribution in [0.4, 0.5) is 0 Å². The summed E-state index contributed by atoms with van der Waals surface area (Å²) < 4.78 is 24.2. The van der Waals surface area contributed by atoms with Crippen molar-refractivity contribution in [2.24, 2.45) is 0 Å². The number of hydrogen-bond acceptors (Lipinski definition) is 5. The van der Waals surface area contributed by atoms with Gasteiger partial charge in [0.25, 0.3) is 0 Å². The molecular formula is C23H29BO5. The Bertz CT molecular complexity index is 818. The van der Waals surface area contributed by atoms with Gasteiger partial charge in [0.2, 0.25) is 0 Å². The van der Waals surface area contributed by atoms with Crippen molar-refractivity contribution in [1.82, 2.24) is 0 Å². The van der Waals surface area contributed by atoms with E-state index in [1.807, 2.05) is 71.0 Å². The van der Waals surface area contributed by atoms with E-state index in [-0.39, 0.29) is 6.10 Å². The molecule has 0 amide bonds. The van der Waals surface area contributed by atoms with E-state index in [9.17, 15) is 4.79 Å². The summed E-state index contributed by atoms with van der Waals surface area (Å²) in [5.41, 5.74) is 1.22. The van der Waals surface area contributed by atoms with Crippen molar-refractivity contribution in [3.63, 3.8) is 0 Å². The normalized spacial score (nSPS) is 18.4. The van der Waals surface area contributed by atoms with Crippen molar-refractivity contribution < 1.29 is 23.6 Å². The standard InChI is InChI=1S/C23H29BO5/c1-17(15-26-16-18-10-7-6-8-11-18)27-20-13-9-12-19(14-25)21(20)24-28-22(2,3)23(4,5)29-24/h6-14,17H,15-16H2,1-5H3. The summed E-state index contributed by atoms with van der Waals surface area (Å²) in [6.45, 7) is 10.8. The average Bonchev–Trinajstić information content (AvgIpc) is 2.89. The van der Waals surface area contributed by atoms with Gasteiger partial charge in [0.1, 0.15) is 18.1 Å². The van der Waals surface area contributed by atoms with Gasteiger partial charge in [-0.25, -0.2) is 0 Å². The summed E-state index contributed by atoms with van der Waals surface area (Å²) in [5, 5.41) is 0. The van der Waals surface area contributed by atoms with Gasteiger partial charge in [0.15, 0.2) is 0 Å². The maximum absolute atomic E-state index is 11.7. The first kappa shape index (κ1) is 21.6. The molecule has 6 heteroatoms. The van der Waals surface area contributed by atoms with Crippen molar-refractivity contribution in [2.45, 2.75) is 58.5 Å². The average molecular weight is 396 g/mol. The smallest absolute Gasteiger partial charge is 0.489 e. The molecular weight excluding hydrogens is 367 g/mol. The summed E-state index contributed by atoms with van der Waals surface area (Å²) in [6, 6.07) is 15.4. The Morgan fingerprint density at radius 1 is 1.00 bits per heavy atom. The van der Waals surface area contributed by atoms with Gasteiger partial charge in [-0.1, -0.05) is 42.5 Å². The SMILES string of the molecule is CC(COCc1ccccc1)Oc1cccc(C=O)c1B1OC(C)(C)C(C)(C)O1. The van der Waals surface area contributed by atoms with Crippen LogP contribution in [0.25, 0.3) is 0 Å². The lowest BCUT2D eigenvalue weighted by atomic mass is 9.75.